The number of likely N-dealkylation sites (tertiary alicyclic amines) is 1. The molecule has 10 heteroatoms. The summed E-state index contributed by atoms with van der Waals surface area (Å²) in [7, 11) is 0. The lowest BCUT2D eigenvalue weighted by molar-refractivity contribution is -0.144. The number of nitrogens with one attached hydrogen (secondary N) is 2. The Morgan fingerprint density at radius 3 is 2.43 bits per heavy atom. The van der Waals surface area contributed by atoms with Gasteiger partial charge in [0.15, 0.2) is 0 Å². The van der Waals surface area contributed by atoms with Gasteiger partial charge in [-0.05, 0) is 30.4 Å². The van der Waals surface area contributed by atoms with Crippen LogP contribution < -0.4 is 16.4 Å². The monoisotopic (exact) mass is 501 g/mol. The van der Waals surface area contributed by atoms with Gasteiger partial charge in [0.05, 0.1) is 34.8 Å². The second-order valence-electron chi connectivity index (χ2n) is 10.1. The highest BCUT2D eigenvalue weighted by atomic mass is 32.1. The number of aliphatic hydroxyl groups is 1. The first-order valence-electron chi connectivity index (χ1n) is 11.7. The Kier molecular flexibility index (Phi) is 8.30. The molecule has 9 nitrogen and oxygen atoms in total. The number of amides is 3. The summed E-state index contributed by atoms with van der Waals surface area (Å²) in [6.45, 7) is 9.11. The van der Waals surface area contributed by atoms with Gasteiger partial charge in [0.25, 0.3) is 0 Å². The molecule has 2 aromatic rings. The zero-order valence-electron chi connectivity index (χ0n) is 20.9. The van der Waals surface area contributed by atoms with Gasteiger partial charge in [-0.25, -0.2) is 4.98 Å². The van der Waals surface area contributed by atoms with Crippen molar-refractivity contribution in [1.82, 2.24) is 20.5 Å². The van der Waals surface area contributed by atoms with Crippen LogP contribution in [0.4, 0.5) is 0 Å². The Bertz CT molecular complexity index is 1060. The molecule has 1 saturated heterocycles. The van der Waals surface area contributed by atoms with Crippen LogP contribution in [-0.2, 0) is 14.4 Å². The molecule has 1 aliphatic heterocycles. The van der Waals surface area contributed by atoms with Crippen LogP contribution in [0, 0.1) is 12.3 Å². The number of nitrogens with two attached hydrogens (primary N) is 1. The van der Waals surface area contributed by atoms with Gasteiger partial charge in [-0.2, -0.15) is 0 Å². The van der Waals surface area contributed by atoms with Crippen molar-refractivity contribution in [2.45, 2.75) is 65.3 Å². The number of aryl methyl sites for hydroxylation is 1. The third-order valence-corrected chi connectivity index (χ3v) is 7.22. The molecule has 1 aliphatic rings. The molecule has 5 N–H and O–H groups in total. The lowest BCUT2D eigenvalue weighted by Gasteiger charge is -2.35. The maximum absolute atomic E-state index is 13.4. The van der Waals surface area contributed by atoms with Crippen molar-refractivity contribution in [2.75, 3.05) is 13.1 Å². The maximum atomic E-state index is 13.4. The quantitative estimate of drug-likeness (QED) is 0.456. The molecule has 4 atom stereocenters. The predicted molar refractivity (Wildman–Crippen MR) is 135 cm³/mol. The Labute approximate surface area is 210 Å². The van der Waals surface area contributed by atoms with Crippen LogP contribution in [-0.4, -0.2) is 64.0 Å². The van der Waals surface area contributed by atoms with Crippen LogP contribution >= 0.6 is 11.3 Å². The first-order chi connectivity index (χ1) is 16.4. The van der Waals surface area contributed by atoms with Gasteiger partial charge < -0.3 is 26.4 Å². The van der Waals surface area contributed by atoms with E-state index in [4.69, 9.17) is 5.73 Å². The van der Waals surface area contributed by atoms with Gasteiger partial charge in [-0.3, -0.25) is 14.4 Å². The number of aliphatic hydroxyl groups excluding tert-OH is 1. The van der Waals surface area contributed by atoms with Gasteiger partial charge in [0, 0.05) is 13.0 Å². The average molecular weight is 502 g/mol. The van der Waals surface area contributed by atoms with Gasteiger partial charge >= 0.3 is 0 Å². The fraction of sp³-hybridized carbons (Fsp3) is 0.520. The molecule has 1 fully saturated rings. The zero-order chi connectivity index (χ0) is 25.9. The third-order valence-electron chi connectivity index (χ3n) is 6.25. The van der Waals surface area contributed by atoms with Crippen molar-refractivity contribution >= 4 is 29.1 Å². The van der Waals surface area contributed by atoms with Gasteiger partial charge in [0.2, 0.25) is 17.7 Å². The summed E-state index contributed by atoms with van der Waals surface area (Å²) >= 11 is 1.58. The number of rotatable bonds is 7. The molecule has 3 amide bonds. The minimum absolute atomic E-state index is 0.0271. The molecule has 2 heterocycles. The minimum Gasteiger partial charge on any atom is -0.391 e. The Balaban J connectivity index is 1.73. The zero-order valence-corrected chi connectivity index (χ0v) is 21.7. The molecule has 0 saturated carbocycles. The molecule has 0 aliphatic carbocycles. The largest absolute Gasteiger partial charge is 0.391 e. The van der Waals surface area contributed by atoms with Gasteiger partial charge in [0.1, 0.15) is 12.1 Å². The Morgan fingerprint density at radius 2 is 1.89 bits per heavy atom. The highest BCUT2D eigenvalue weighted by molar-refractivity contribution is 7.13. The van der Waals surface area contributed by atoms with Crippen LogP contribution in [0.2, 0.25) is 0 Å². The Hall–Kier alpha value is -2.82. The van der Waals surface area contributed by atoms with E-state index in [1.54, 1.807) is 11.3 Å². The molecule has 1 aromatic heterocycles. The number of β-amino-alcohol motifs (C(OH)–C–C–N with tert-alkyl or cyclic N) is 1. The van der Waals surface area contributed by atoms with Crippen molar-refractivity contribution in [3.63, 3.8) is 0 Å². The van der Waals surface area contributed by atoms with Crippen LogP contribution in [0.1, 0.15) is 51.4 Å². The van der Waals surface area contributed by atoms with Gasteiger partial charge in [-0.1, -0.05) is 45.0 Å². The SMILES string of the molecule is Cc1ncsc1-c1ccc([C@H](C)NC(=O)[C@H]2C[C@H](O)CN2C(=O)[C@@H](NC(=O)CN)C(C)(C)C)cc1. The summed E-state index contributed by atoms with van der Waals surface area (Å²) in [5, 5.41) is 15.9. The van der Waals surface area contributed by atoms with E-state index < -0.39 is 35.4 Å². The number of nitrogens with zero attached hydrogens (tertiary/aromatic N) is 2. The highest BCUT2D eigenvalue weighted by Gasteiger charge is 2.44. The molecule has 0 bridgehead atoms. The van der Waals surface area contributed by atoms with E-state index >= 15 is 0 Å². The predicted octanol–water partition coefficient (Wildman–Crippen LogP) is 1.75. The molecule has 0 unspecified atom stereocenters. The number of carbonyl (C=O) groups is 3. The Morgan fingerprint density at radius 1 is 1.23 bits per heavy atom. The molecular weight excluding hydrogens is 466 g/mol. The molecule has 35 heavy (non-hydrogen) atoms. The van der Waals surface area contributed by atoms with Crippen LogP contribution in [0.5, 0.6) is 0 Å². The van der Waals surface area contributed by atoms with E-state index in [0.29, 0.717) is 0 Å². The standard InChI is InChI=1S/C25H35N5O4S/c1-14(16-6-8-17(9-7-16)21-15(2)27-13-35-21)28-23(33)19-10-18(31)12-30(19)24(34)22(25(3,4)5)29-20(32)11-26/h6-9,13-14,18-19,22,31H,10-12,26H2,1-5H3,(H,28,33)(H,29,32)/t14-,18-,19+,22+/m0/s1. The van der Waals surface area contributed by atoms with Crippen molar-refractivity contribution in [2.24, 2.45) is 11.1 Å². The van der Waals surface area contributed by atoms with Crippen LogP contribution in [0.25, 0.3) is 10.4 Å². The molecule has 190 valence electrons. The average Bonchev–Trinajstić information content (AvgIpc) is 3.41. The van der Waals surface area contributed by atoms with E-state index in [-0.39, 0.29) is 31.5 Å². The summed E-state index contributed by atoms with van der Waals surface area (Å²) in [5.41, 5.74) is 9.59. The van der Waals surface area contributed by atoms with Crippen LogP contribution in [0.15, 0.2) is 29.8 Å². The van der Waals surface area contributed by atoms with Crippen molar-refractivity contribution in [3.05, 3.63) is 41.0 Å². The highest BCUT2D eigenvalue weighted by Crippen LogP contribution is 2.29. The topological polar surface area (TPSA) is 138 Å². The molecule has 0 spiro atoms. The van der Waals surface area contributed by atoms with E-state index in [1.807, 2.05) is 64.4 Å². The minimum atomic E-state index is -0.876. The second kappa shape index (κ2) is 10.8. The molecule has 1 aromatic carbocycles. The number of hydrogen-bond acceptors (Lipinski definition) is 7. The first-order valence-corrected chi connectivity index (χ1v) is 12.6. The third kappa shape index (κ3) is 6.25. The lowest BCUT2D eigenvalue weighted by Crippen LogP contribution is -2.58. The molecular formula is C25H35N5O4S. The van der Waals surface area contributed by atoms with Crippen molar-refractivity contribution < 1.29 is 19.5 Å². The van der Waals surface area contributed by atoms with E-state index in [0.717, 1.165) is 21.7 Å². The fourth-order valence-electron chi connectivity index (χ4n) is 4.24. The first kappa shape index (κ1) is 26.8. The number of aromatic nitrogens is 1. The van der Waals surface area contributed by atoms with Gasteiger partial charge in [-0.15, -0.1) is 11.3 Å². The normalized spacial score (nSPS) is 19.8. The fourth-order valence-corrected chi connectivity index (χ4v) is 5.05. The summed E-state index contributed by atoms with van der Waals surface area (Å²) in [6.07, 6.45) is -0.687. The lowest BCUT2D eigenvalue weighted by atomic mass is 9.85. The summed E-state index contributed by atoms with van der Waals surface area (Å²) in [4.78, 5) is 45.3. The van der Waals surface area contributed by atoms with E-state index in [2.05, 4.69) is 15.6 Å². The van der Waals surface area contributed by atoms with E-state index in [9.17, 15) is 19.5 Å². The summed E-state index contributed by atoms with van der Waals surface area (Å²) < 4.78 is 0. The smallest absolute Gasteiger partial charge is 0.246 e. The van der Waals surface area contributed by atoms with Crippen LogP contribution in [0.3, 0.4) is 0 Å². The number of carbonyl (C=O) groups excluding carboxylic acids is 3. The van der Waals surface area contributed by atoms with Crippen molar-refractivity contribution in [3.8, 4) is 10.4 Å². The maximum Gasteiger partial charge on any atom is 0.246 e. The second-order valence-corrected chi connectivity index (χ2v) is 10.9. The molecule has 3 rings (SSSR count). The number of benzene rings is 1. The van der Waals surface area contributed by atoms with E-state index in [1.165, 1.54) is 4.90 Å². The number of hydrogen-bond donors (Lipinski definition) is 4. The molecule has 0 radical (unpaired) electrons. The summed E-state index contributed by atoms with van der Waals surface area (Å²) in [6, 6.07) is 5.92. The summed E-state index contributed by atoms with van der Waals surface area (Å²) in [5.74, 6) is -1.21. The van der Waals surface area contributed by atoms with Crippen molar-refractivity contribution in [1.29, 1.82) is 0 Å². The number of thiazole rings is 1.